The van der Waals surface area contributed by atoms with Crippen molar-refractivity contribution in [2.24, 2.45) is 0 Å². The first-order chi connectivity index (χ1) is 9.70. The molecular formula is C15H18N2O3. The van der Waals surface area contributed by atoms with Crippen molar-refractivity contribution in [1.82, 2.24) is 5.32 Å². The summed E-state index contributed by atoms with van der Waals surface area (Å²) >= 11 is 0. The molecule has 20 heavy (non-hydrogen) atoms. The molecule has 5 heteroatoms. The first-order valence-electron chi connectivity index (χ1n) is 6.50. The van der Waals surface area contributed by atoms with Gasteiger partial charge in [-0.25, -0.2) is 0 Å². The number of aliphatic hydroxyl groups excluding tert-OH is 1. The molecule has 3 N–H and O–H groups in total. The van der Waals surface area contributed by atoms with Crippen molar-refractivity contribution in [3.05, 3.63) is 54.0 Å². The summed E-state index contributed by atoms with van der Waals surface area (Å²) in [5, 5.41) is 14.6. The molecule has 0 spiro atoms. The summed E-state index contributed by atoms with van der Waals surface area (Å²) in [5.74, 6) is 0.666. The minimum atomic E-state index is -0.190. The van der Waals surface area contributed by atoms with Crippen LogP contribution in [0.5, 0.6) is 0 Å². The molecule has 1 unspecified atom stereocenters. The van der Waals surface area contributed by atoms with E-state index in [-0.39, 0.29) is 25.1 Å². The fourth-order valence-electron chi connectivity index (χ4n) is 1.85. The van der Waals surface area contributed by atoms with Crippen LogP contribution in [0.25, 0.3) is 0 Å². The Hall–Kier alpha value is -2.27. The molecule has 2 aromatic rings. The van der Waals surface area contributed by atoms with Crippen molar-refractivity contribution in [3.63, 3.8) is 0 Å². The molecule has 1 atom stereocenters. The summed E-state index contributed by atoms with van der Waals surface area (Å²) in [7, 11) is 0. The third kappa shape index (κ3) is 3.61. The molecule has 0 aliphatic rings. The Morgan fingerprint density at radius 2 is 2.05 bits per heavy atom. The standard InChI is InChI=1S/C15H18N2O3/c1-11(14-3-2-10-20-14)17-13-6-4-12(5-7-13)15(19)16-8-9-18/h2-7,10-11,17-18H,8-9H2,1H3,(H,16,19). The SMILES string of the molecule is CC(Nc1ccc(C(=O)NCCO)cc1)c1ccco1. The van der Waals surface area contributed by atoms with Crippen LogP contribution < -0.4 is 10.6 Å². The van der Waals surface area contributed by atoms with Gasteiger partial charge in [0.05, 0.1) is 18.9 Å². The summed E-state index contributed by atoms with van der Waals surface area (Å²) in [6.07, 6.45) is 1.64. The second-order valence-electron chi connectivity index (χ2n) is 4.44. The molecule has 0 aliphatic carbocycles. The second-order valence-corrected chi connectivity index (χ2v) is 4.44. The zero-order chi connectivity index (χ0) is 14.4. The quantitative estimate of drug-likeness (QED) is 0.754. The summed E-state index contributed by atoms with van der Waals surface area (Å²) in [5.41, 5.74) is 1.47. The molecule has 1 aromatic heterocycles. The maximum absolute atomic E-state index is 11.7. The number of hydrogen-bond donors (Lipinski definition) is 3. The average molecular weight is 274 g/mol. The Bertz CT molecular complexity index is 535. The number of hydrogen-bond acceptors (Lipinski definition) is 4. The molecule has 1 aromatic carbocycles. The molecule has 1 heterocycles. The van der Waals surface area contributed by atoms with Crippen molar-refractivity contribution in [3.8, 4) is 0 Å². The molecule has 0 saturated heterocycles. The van der Waals surface area contributed by atoms with Gasteiger partial charge in [0, 0.05) is 17.8 Å². The average Bonchev–Trinajstić information content (AvgIpc) is 3.00. The van der Waals surface area contributed by atoms with E-state index in [4.69, 9.17) is 9.52 Å². The predicted octanol–water partition coefficient (Wildman–Crippen LogP) is 2.17. The highest BCUT2D eigenvalue weighted by Gasteiger charge is 2.09. The van der Waals surface area contributed by atoms with Gasteiger partial charge in [-0.2, -0.15) is 0 Å². The van der Waals surface area contributed by atoms with Crippen LogP contribution >= 0.6 is 0 Å². The zero-order valence-corrected chi connectivity index (χ0v) is 11.3. The Labute approximate surface area is 117 Å². The molecule has 0 bridgehead atoms. The lowest BCUT2D eigenvalue weighted by Gasteiger charge is -2.13. The largest absolute Gasteiger partial charge is 0.467 e. The molecule has 0 saturated carbocycles. The Kier molecular flexibility index (Phi) is 4.79. The summed E-state index contributed by atoms with van der Waals surface area (Å²) in [4.78, 5) is 11.7. The molecule has 0 fully saturated rings. The van der Waals surface area contributed by atoms with Gasteiger partial charge < -0.3 is 20.2 Å². The van der Waals surface area contributed by atoms with Gasteiger partial charge in [-0.05, 0) is 43.3 Å². The number of carbonyl (C=O) groups is 1. The smallest absolute Gasteiger partial charge is 0.251 e. The number of furan rings is 1. The van der Waals surface area contributed by atoms with Crippen LogP contribution in [0.1, 0.15) is 29.1 Å². The molecule has 106 valence electrons. The van der Waals surface area contributed by atoms with Crippen molar-refractivity contribution in [2.75, 3.05) is 18.5 Å². The van der Waals surface area contributed by atoms with Crippen LogP contribution in [0.3, 0.4) is 0 Å². The van der Waals surface area contributed by atoms with Crippen LogP contribution in [0, 0.1) is 0 Å². The lowest BCUT2D eigenvalue weighted by molar-refractivity contribution is 0.0945. The van der Waals surface area contributed by atoms with Crippen molar-refractivity contribution < 1.29 is 14.3 Å². The highest BCUT2D eigenvalue weighted by Crippen LogP contribution is 2.19. The van der Waals surface area contributed by atoms with Crippen molar-refractivity contribution in [2.45, 2.75) is 13.0 Å². The van der Waals surface area contributed by atoms with E-state index in [2.05, 4.69) is 10.6 Å². The molecule has 5 nitrogen and oxygen atoms in total. The van der Waals surface area contributed by atoms with Gasteiger partial charge in [-0.1, -0.05) is 0 Å². The molecule has 0 aliphatic heterocycles. The van der Waals surface area contributed by atoms with Crippen LogP contribution in [0.2, 0.25) is 0 Å². The van der Waals surface area contributed by atoms with E-state index in [0.29, 0.717) is 5.56 Å². The van der Waals surface area contributed by atoms with Crippen molar-refractivity contribution in [1.29, 1.82) is 0 Å². The minimum absolute atomic E-state index is 0.0547. The van der Waals surface area contributed by atoms with E-state index in [9.17, 15) is 4.79 Å². The fourth-order valence-corrected chi connectivity index (χ4v) is 1.85. The van der Waals surface area contributed by atoms with Crippen LogP contribution in [-0.2, 0) is 0 Å². The van der Waals surface area contributed by atoms with E-state index < -0.39 is 0 Å². The third-order valence-corrected chi connectivity index (χ3v) is 2.90. The van der Waals surface area contributed by atoms with Crippen LogP contribution in [-0.4, -0.2) is 24.2 Å². The van der Waals surface area contributed by atoms with Gasteiger partial charge in [-0.3, -0.25) is 4.79 Å². The minimum Gasteiger partial charge on any atom is -0.467 e. The van der Waals surface area contributed by atoms with Gasteiger partial charge in [0.2, 0.25) is 0 Å². The van der Waals surface area contributed by atoms with Gasteiger partial charge in [0.1, 0.15) is 5.76 Å². The normalized spacial score (nSPS) is 11.9. The molecule has 0 radical (unpaired) electrons. The van der Waals surface area contributed by atoms with Gasteiger partial charge >= 0.3 is 0 Å². The number of benzene rings is 1. The summed E-state index contributed by atoms with van der Waals surface area (Å²) < 4.78 is 5.32. The fraction of sp³-hybridized carbons (Fsp3) is 0.267. The number of amides is 1. The zero-order valence-electron chi connectivity index (χ0n) is 11.3. The first-order valence-corrected chi connectivity index (χ1v) is 6.50. The van der Waals surface area contributed by atoms with E-state index in [1.165, 1.54) is 0 Å². The van der Waals surface area contributed by atoms with Crippen LogP contribution in [0.4, 0.5) is 5.69 Å². The molecular weight excluding hydrogens is 256 g/mol. The molecule has 1 amide bonds. The Morgan fingerprint density at radius 1 is 1.30 bits per heavy atom. The molecule has 2 rings (SSSR count). The monoisotopic (exact) mass is 274 g/mol. The number of nitrogens with one attached hydrogen (secondary N) is 2. The maximum Gasteiger partial charge on any atom is 0.251 e. The number of aliphatic hydroxyl groups is 1. The summed E-state index contributed by atoms with van der Waals surface area (Å²) in [6.45, 7) is 2.20. The highest BCUT2D eigenvalue weighted by atomic mass is 16.3. The lowest BCUT2D eigenvalue weighted by atomic mass is 10.1. The van der Waals surface area contributed by atoms with Gasteiger partial charge in [-0.15, -0.1) is 0 Å². The Balaban J connectivity index is 1.96. The summed E-state index contributed by atoms with van der Waals surface area (Å²) in [6, 6.07) is 11.0. The van der Waals surface area contributed by atoms with E-state index in [0.717, 1.165) is 11.4 Å². The van der Waals surface area contributed by atoms with E-state index in [1.54, 1.807) is 18.4 Å². The van der Waals surface area contributed by atoms with Crippen LogP contribution in [0.15, 0.2) is 47.1 Å². The van der Waals surface area contributed by atoms with Crippen molar-refractivity contribution >= 4 is 11.6 Å². The number of rotatable bonds is 6. The lowest BCUT2D eigenvalue weighted by Crippen LogP contribution is -2.26. The van der Waals surface area contributed by atoms with Gasteiger partial charge in [0.25, 0.3) is 5.91 Å². The van der Waals surface area contributed by atoms with E-state index in [1.807, 2.05) is 31.2 Å². The third-order valence-electron chi connectivity index (χ3n) is 2.90. The second kappa shape index (κ2) is 6.77. The topological polar surface area (TPSA) is 74.5 Å². The highest BCUT2D eigenvalue weighted by molar-refractivity contribution is 5.94. The van der Waals surface area contributed by atoms with E-state index >= 15 is 0 Å². The first kappa shape index (κ1) is 14.1. The number of carbonyl (C=O) groups excluding carboxylic acids is 1. The Morgan fingerprint density at radius 3 is 2.65 bits per heavy atom. The maximum atomic E-state index is 11.7. The number of anilines is 1. The predicted molar refractivity (Wildman–Crippen MR) is 76.6 cm³/mol. The van der Waals surface area contributed by atoms with Gasteiger partial charge in [0.15, 0.2) is 0 Å².